The maximum atomic E-state index is 13.0. The van der Waals surface area contributed by atoms with E-state index in [9.17, 15) is 18.0 Å². The normalized spacial score (nSPS) is 17.7. The largest absolute Gasteiger partial charge is 0.304 e. The van der Waals surface area contributed by atoms with Gasteiger partial charge in [-0.25, -0.2) is 13.2 Å². The average molecular weight is 272 g/mol. The van der Waals surface area contributed by atoms with Crippen molar-refractivity contribution in [1.29, 1.82) is 0 Å². The Kier molecular flexibility index (Phi) is 4.21. The number of likely N-dealkylation sites (N-methyl/N-ethyl adjacent to an activating group) is 1. The van der Waals surface area contributed by atoms with Gasteiger partial charge in [0, 0.05) is 31.7 Å². The fraction of sp³-hybridized carbons (Fsp3) is 0.462. The molecule has 1 aliphatic heterocycles. The van der Waals surface area contributed by atoms with Crippen molar-refractivity contribution in [2.45, 2.75) is 0 Å². The van der Waals surface area contributed by atoms with Gasteiger partial charge in [0.2, 0.25) is 0 Å². The van der Waals surface area contributed by atoms with E-state index in [1.54, 1.807) is 0 Å². The molecule has 0 spiro atoms. The van der Waals surface area contributed by atoms with E-state index < -0.39 is 23.2 Å². The van der Waals surface area contributed by atoms with Gasteiger partial charge in [-0.2, -0.15) is 0 Å². The Balaban J connectivity index is 2.04. The molecule has 1 aromatic carbocycles. The highest BCUT2D eigenvalue weighted by molar-refractivity contribution is 5.97. The number of carbonyl (C=O) groups is 1. The summed E-state index contributed by atoms with van der Waals surface area (Å²) in [6, 6.07) is 1.49. The van der Waals surface area contributed by atoms with Crippen molar-refractivity contribution in [3.8, 4) is 0 Å². The summed E-state index contributed by atoms with van der Waals surface area (Å²) in [4.78, 5) is 16.0. The van der Waals surface area contributed by atoms with Crippen LogP contribution in [-0.4, -0.2) is 55.4 Å². The first-order valence-corrected chi connectivity index (χ1v) is 6.06. The topological polar surface area (TPSA) is 23.6 Å². The first-order chi connectivity index (χ1) is 8.97. The van der Waals surface area contributed by atoms with Crippen LogP contribution in [0.1, 0.15) is 10.4 Å². The fourth-order valence-electron chi connectivity index (χ4n) is 2.02. The summed E-state index contributed by atoms with van der Waals surface area (Å²) in [5, 5.41) is 0. The Labute approximate surface area is 109 Å². The third kappa shape index (κ3) is 3.33. The Morgan fingerprint density at radius 3 is 2.16 bits per heavy atom. The Morgan fingerprint density at radius 1 is 1.11 bits per heavy atom. The minimum Gasteiger partial charge on any atom is -0.304 e. The number of benzene rings is 1. The smallest absolute Gasteiger partial charge is 0.194 e. The number of halogens is 3. The quantitative estimate of drug-likeness (QED) is 0.616. The second-order valence-electron chi connectivity index (χ2n) is 4.76. The molecular formula is C13H15F3N2O. The van der Waals surface area contributed by atoms with Crippen molar-refractivity contribution in [3.63, 3.8) is 0 Å². The van der Waals surface area contributed by atoms with E-state index in [0.717, 1.165) is 38.3 Å². The minimum atomic E-state index is -1.55. The van der Waals surface area contributed by atoms with Gasteiger partial charge in [-0.1, -0.05) is 0 Å². The molecule has 1 saturated heterocycles. The summed E-state index contributed by atoms with van der Waals surface area (Å²) in [6.07, 6.45) is 0. The van der Waals surface area contributed by atoms with Gasteiger partial charge in [-0.05, 0) is 19.2 Å². The lowest BCUT2D eigenvalue weighted by molar-refractivity contribution is 0.0875. The van der Waals surface area contributed by atoms with Crippen LogP contribution in [0.2, 0.25) is 0 Å². The molecule has 0 radical (unpaired) electrons. The summed E-state index contributed by atoms with van der Waals surface area (Å²) >= 11 is 0. The van der Waals surface area contributed by atoms with Gasteiger partial charge < -0.3 is 4.90 Å². The molecular weight excluding hydrogens is 257 g/mol. The summed E-state index contributed by atoms with van der Waals surface area (Å²) in [6.45, 7) is 3.25. The molecule has 0 saturated carbocycles. The standard InChI is InChI=1S/C13H15F3N2O/c1-17-2-4-18(5-3-17)8-12(19)9-6-10(14)13(16)11(15)7-9/h6-7H,2-5,8H2,1H3. The van der Waals surface area contributed by atoms with Gasteiger partial charge in [0.1, 0.15) is 0 Å². The van der Waals surface area contributed by atoms with Crippen LogP contribution in [0.15, 0.2) is 12.1 Å². The van der Waals surface area contributed by atoms with Crippen molar-refractivity contribution in [2.24, 2.45) is 0 Å². The third-order valence-electron chi connectivity index (χ3n) is 3.27. The maximum Gasteiger partial charge on any atom is 0.194 e. The van der Waals surface area contributed by atoms with E-state index in [1.807, 2.05) is 11.9 Å². The minimum absolute atomic E-state index is 0.0956. The molecule has 1 heterocycles. The van der Waals surface area contributed by atoms with Gasteiger partial charge >= 0.3 is 0 Å². The van der Waals surface area contributed by atoms with Gasteiger partial charge in [-0.15, -0.1) is 0 Å². The van der Waals surface area contributed by atoms with Crippen molar-refractivity contribution in [3.05, 3.63) is 35.1 Å². The number of hydrogen-bond donors (Lipinski definition) is 0. The third-order valence-corrected chi connectivity index (χ3v) is 3.27. The van der Waals surface area contributed by atoms with Crippen molar-refractivity contribution >= 4 is 5.78 Å². The predicted molar refractivity (Wildman–Crippen MR) is 64.6 cm³/mol. The van der Waals surface area contributed by atoms with E-state index in [-0.39, 0.29) is 12.1 Å². The fourth-order valence-corrected chi connectivity index (χ4v) is 2.02. The molecule has 1 aliphatic rings. The lowest BCUT2D eigenvalue weighted by Crippen LogP contribution is -2.46. The molecule has 19 heavy (non-hydrogen) atoms. The number of Topliss-reactive ketones (excluding diaryl/α,β-unsaturated/α-hetero) is 1. The van der Waals surface area contributed by atoms with Crippen molar-refractivity contribution in [1.82, 2.24) is 9.80 Å². The van der Waals surface area contributed by atoms with Crippen LogP contribution in [-0.2, 0) is 0 Å². The molecule has 0 atom stereocenters. The Hall–Kier alpha value is -1.40. The van der Waals surface area contributed by atoms with E-state index in [0.29, 0.717) is 0 Å². The predicted octanol–water partition coefficient (Wildman–Crippen LogP) is 1.53. The highest BCUT2D eigenvalue weighted by atomic mass is 19.2. The molecule has 3 nitrogen and oxygen atoms in total. The monoisotopic (exact) mass is 272 g/mol. The van der Waals surface area contributed by atoms with E-state index >= 15 is 0 Å². The second kappa shape index (κ2) is 5.71. The zero-order chi connectivity index (χ0) is 14.0. The zero-order valence-electron chi connectivity index (χ0n) is 10.6. The van der Waals surface area contributed by atoms with Crippen LogP contribution in [0.25, 0.3) is 0 Å². The first-order valence-electron chi connectivity index (χ1n) is 6.06. The van der Waals surface area contributed by atoms with Crippen LogP contribution in [0.5, 0.6) is 0 Å². The molecule has 6 heteroatoms. The van der Waals surface area contributed by atoms with Gasteiger partial charge in [0.25, 0.3) is 0 Å². The molecule has 0 amide bonds. The van der Waals surface area contributed by atoms with Crippen molar-refractivity contribution in [2.75, 3.05) is 39.8 Å². The number of rotatable bonds is 3. The molecule has 0 unspecified atom stereocenters. The summed E-state index contributed by atoms with van der Waals surface area (Å²) < 4.78 is 38.9. The van der Waals surface area contributed by atoms with E-state index in [4.69, 9.17) is 0 Å². The first kappa shape index (κ1) is 14.0. The molecule has 104 valence electrons. The highest BCUT2D eigenvalue weighted by Gasteiger charge is 2.19. The van der Waals surface area contributed by atoms with Gasteiger partial charge in [0.05, 0.1) is 6.54 Å². The number of carbonyl (C=O) groups excluding carboxylic acids is 1. The van der Waals surface area contributed by atoms with E-state index in [2.05, 4.69) is 4.90 Å². The molecule has 0 bridgehead atoms. The van der Waals surface area contributed by atoms with Gasteiger partial charge in [-0.3, -0.25) is 9.69 Å². The lowest BCUT2D eigenvalue weighted by atomic mass is 10.1. The second-order valence-corrected chi connectivity index (χ2v) is 4.76. The van der Waals surface area contributed by atoms with Gasteiger partial charge in [0.15, 0.2) is 23.2 Å². The Morgan fingerprint density at radius 2 is 1.63 bits per heavy atom. The zero-order valence-corrected chi connectivity index (χ0v) is 10.6. The SMILES string of the molecule is CN1CCN(CC(=O)c2cc(F)c(F)c(F)c2)CC1. The van der Waals surface area contributed by atoms with Crippen LogP contribution in [0, 0.1) is 17.5 Å². The number of ketones is 1. The van der Waals surface area contributed by atoms with Crippen LogP contribution in [0.4, 0.5) is 13.2 Å². The molecule has 1 aromatic rings. The molecule has 2 rings (SSSR count). The van der Waals surface area contributed by atoms with Crippen LogP contribution >= 0.6 is 0 Å². The number of nitrogens with zero attached hydrogens (tertiary/aromatic N) is 2. The highest BCUT2D eigenvalue weighted by Crippen LogP contribution is 2.14. The van der Waals surface area contributed by atoms with Crippen molar-refractivity contribution < 1.29 is 18.0 Å². The van der Waals surface area contributed by atoms with E-state index in [1.165, 1.54) is 0 Å². The Bertz CT molecular complexity index is 462. The summed E-state index contributed by atoms with van der Waals surface area (Å²) in [5.41, 5.74) is -0.129. The summed E-state index contributed by atoms with van der Waals surface area (Å²) in [7, 11) is 1.99. The number of hydrogen-bond acceptors (Lipinski definition) is 3. The molecule has 0 N–H and O–H groups in total. The van der Waals surface area contributed by atoms with Crippen LogP contribution in [0.3, 0.4) is 0 Å². The maximum absolute atomic E-state index is 13.0. The lowest BCUT2D eigenvalue weighted by Gasteiger charge is -2.31. The summed E-state index contributed by atoms with van der Waals surface area (Å²) in [5.74, 6) is -4.61. The molecule has 0 aliphatic carbocycles. The molecule has 1 fully saturated rings. The average Bonchev–Trinajstić information content (AvgIpc) is 2.38. The number of piperazine rings is 1. The molecule has 0 aromatic heterocycles. The van der Waals surface area contributed by atoms with Crippen LogP contribution < -0.4 is 0 Å².